The third kappa shape index (κ3) is 2.10. The molecule has 2 heteroatoms. The van der Waals surface area contributed by atoms with E-state index in [4.69, 9.17) is 0 Å². The maximum Gasteiger partial charge on any atom is 0.117 e. The minimum atomic E-state index is 0.290. The standard InChI is InChI=1S/C17H24N2/c1-3-4-5-16(12-18)19(2)17-9-13-6-14(10-17)8-15(7-13)11-17/h3-5,13-15H,6-11H2,1-2H3/b4-3+,16-5+. The first-order valence-electron chi connectivity index (χ1n) is 7.64. The van der Waals surface area contributed by atoms with E-state index in [-0.39, 0.29) is 5.54 Å². The lowest BCUT2D eigenvalue weighted by Gasteiger charge is -2.60. The number of allylic oxidation sites excluding steroid dienone is 4. The first kappa shape index (κ1) is 12.8. The zero-order valence-corrected chi connectivity index (χ0v) is 12.1. The van der Waals surface area contributed by atoms with E-state index in [0.29, 0.717) is 0 Å². The fourth-order valence-electron chi connectivity index (χ4n) is 5.14. The Morgan fingerprint density at radius 3 is 2.11 bits per heavy atom. The van der Waals surface area contributed by atoms with Crippen molar-refractivity contribution in [2.75, 3.05) is 7.05 Å². The quantitative estimate of drug-likeness (QED) is 0.566. The van der Waals surface area contributed by atoms with Crippen LogP contribution in [-0.4, -0.2) is 17.5 Å². The third-order valence-corrected chi connectivity index (χ3v) is 5.64. The molecule has 0 aromatic heterocycles. The molecular formula is C17H24N2. The van der Waals surface area contributed by atoms with E-state index in [9.17, 15) is 5.26 Å². The molecule has 4 rings (SSSR count). The minimum Gasteiger partial charge on any atom is -0.360 e. The van der Waals surface area contributed by atoms with Gasteiger partial charge in [0.2, 0.25) is 0 Å². The Balaban J connectivity index is 1.86. The molecule has 102 valence electrons. The van der Waals surface area contributed by atoms with Crippen molar-refractivity contribution in [2.45, 2.75) is 51.0 Å². The van der Waals surface area contributed by atoms with Gasteiger partial charge in [0.05, 0.1) is 0 Å². The van der Waals surface area contributed by atoms with Crippen molar-refractivity contribution in [3.8, 4) is 6.07 Å². The number of nitrogens with zero attached hydrogens (tertiary/aromatic N) is 2. The Hall–Kier alpha value is -1.23. The highest BCUT2D eigenvalue weighted by Crippen LogP contribution is 2.58. The van der Waals surface area contributed by atoms with Crippen molar-refractivity contribution in [3.63, 3.8) is 0 Å². The molecule has 0 aromatic carbocycles. The van der Waals surface area contributed by atoms with E-state index >= 15 is 0 Å². The molecule has 19 heavy (non-hydrogen) atoms. The SMILES string of the molecule is C/C=C/C=C(\C#N)N(C)C12CC3CC(CC(C3)C1)C2. The van der Waals surface area contributed by atoms with Gasteiger partial charge in [0.25, 0.3) is 0 Å². The van der Waals surface area contributed by atoms with Gasteiger partial charge in [-0.3, -0.25) is 0 Å². The van der Waals surface area contributed by atoms with E-state index in [1.807, 2.05) is 25.2 Å². The third-order valence-electron chi connectivity index (χ3n) is 5.64. The molecule has 4 aliphatic carbocycles. The molecule has 0 N–H and O–H groups in total. The topological polar surface area (TPSA) is 27.0 Å². The first-order chi connectivity index (χ1) is 9.16. The van der Waals surface area contributed by atoms with E-state index in [0.717, 1.165) is 23.5 Å². The first-order valence-corrected chi connectivity index (χ1v) is 7.64. The highest BCUT2D eigenvalue weighted by atomic mass is 15.2. The van der Waals surface area contributed by atoms with Gasteiger partial charge >= 0.3 is 0 Å². The molecule has 0 radical (unpaired) electrons. The predicted octanol–water partition coefficient (Wildman–Crippen LogP) is 3.87. The summed E-state index contributed by atoms with van der Waals surface area (Å²) in [5.41, 5.74) is 1.12. The van der Waals surface area contributed by atoms with Gasteiger partial charge in [0.15, 0.2) is 0 Å². The summed E-state index contributed by atoms with van der Waals surface area (Å²) in [7, 11) is 2.14. The molecule has 4 fully saturated rings. The Labute approximate surface area is 116 Å². The molecule has 0 saturated heterocycles. The fraction of sp³-hybridized carbons (Fsp3) is 0.706. The summed E-state index contributed by atoms with van der Waals surface area (Å²) < 4.78 is 0. The highest BCUT2D eigenvalue weighted by molar-refractivity contribution is 5.27. The summed E-state index contributed by atoms with van der Waals surface area (Å²) in [6, 6.07) is 2.40. The summed E-state index contributed by atoms with van der Waals surface area (Å²) >= 11 is 0. The van der Waals surface area contributed by atoms with E-state index in [1.54, 1.807) is 0 Å². The zero-order valence-electron chi connectivity index (χ0n) is 12.1. The second kappa shape index (κ2) is 4.71. The lowest BCUT2D eigenvalue weighted by atomic mass is 9.52. The van der Waals surface area contributed by atoms with Gasteiger partial charge in [-0.1, -0.05) is 12.2 Å². The Morgan fingerprint density at radius 1 is 1.16 bits per heavy atom. The van der Waals surface area contributed by atoms with E-state index < -0.39 is 0 Å². The van der Waals surface area contributed by atoms with Gasteiger partial charge in [-0.05, 0) is 69.3 Å². The molecule has 4 saturated carbocycles. The Bertz CT molecular complexity index is 417. The Kier molecular flexibility index (Phi) is 3.17. The monoisotopic (exact) mass is 256 g/mol. The maximum atomic E-state index is 9.43. The summed E-state index contributed by atoms with van der Waals surface area (Å²) in [5.74, 6) is 2.78. The van der Waals surface area contributed by atoms with Crippen molar-refractivity contribution in [3.05, 3.63) is 23.9 Å². The second-order valence-electron chi connectivity index (χ2n) is 6.89. The van der Waals surface area contributed by atoms with Crippen molar-refractivity contribution in [1.29, 1.82) is 5.26 Å². The minimum absolute atomic E-state index is 0.290. The van der Waals surface area contributed by atoms with E-state index in [1.165, 1.54) is 38.5 Å². The van der Waals surface area contributed by atoms with Crippen LogP contribution >= 0.6 is 0 Å². The van der Waals surface area contributed by atoms with Crippen LogP contribution in [0.15, 0.2) is 23.9 Å². The van der Waals surface area contributed by atoms with Crippen LogP contribution in [0.4, 0.5) is 0 Å². The average Bonchev–Trinajstić information content (AvgIpc) is 2.37. The normalized spacial score (nSPS) is 40.7. The van der Waals surface area contributed by atoms with Gasteiger partial charge in [0, 0.05) is 12.6 Å². The number of nitriles is 1. The lowest BCUT2D eigenvalue weighted by Crippen LogP contribution is -2.58. The Morgan fingerprint density at radius 2 is 1.68 bits per heavy atom. The van der Waals surface area contributed by atoms with Crippen LogP contribution in [-0.2, 0) is 0 Å². The molecule has 4 bridgehead atoms. The summed E-state index contributed by atoms with van der Waals surface area (Å²) in [6.45, 7) is 2.00. The van der Waals surface area contributed by atoms with Gasteiger partial charge in [-0.15, -0.1) is 0 Å². The van der Waals surface area contributed by atoms with Crippen molar-refractivity contribution >= 4 is 0 Å². The molecule has 4 aliphatic rings. The molecular weight excluding hydrogens is 232 g/mol. The molecule has 0 spiro atoms. The van der Waals surface area contributed by atoms with Crippen LogP contribution in [0, 0.1) is 29.1 Å². The summed E-state index contributed by atoms with van der Waals surface area (Å²) in [6.07, 6.45) is 14.2. The predicted molar refractivity (Wildman–Crippen MR) is 77.2 cm³/mol. The van der Waals surface area contributed by atoms with Crippen molar-refractivity contribution < 1.29 is 0 Å². The molecule has 0 atom stereocenters. The van der Waals surface area contributed by atoms with Crippen LogP contribution in [0.5, 0.6) is 0 Å². The van der Waals surface area contributed by atoms with Gasteiger partial charge in [-0.2, -0.15) is 5.26 Å². The second-order valence-corrected chi connectivity index (χ2v) is 6.89. The molecule has 0 heterocycles. The zero-order chi connectivity index (χ0) is 13.5. The van der Waals surface area contributed by atoms with Gasteiger partial charge < -0.3 is 4.90 Å². The molecule has 2 nitrogen and oxygen atoms in total. The number of hydrogen-bond acceptors (Lipinski definition) is 2. The fourth-order valence-corrected chi connectivity index (χ4v) is 5.14. The average molecular weight is 256 g/mol. The molecule has 0 aliphatic heterocycles. The van der Waals surface area contributed by atoms with Crippen LogP contribution in [0.1, 0.15) is 45.4 Å². The molecule has 0 aromatic rings. The summed E-state index contributed by atoms with van der Waals surface area (Å²) in [5, 5.41) is 9.43. The molecule has 0 unspecified atom stereocenters. The van der Waals surface area contributed by atoms with Crippen LogP contribution in [0.2, 0.25) is 0 Å². The lowest BCUT2D eigenvalue weighted by molar-refractivity contribution is -0.0650. The molecule has 0 amide bonds. The largest absolute Gasteiger partial charge is 0.360 e. The van der Waals surface area contributed by atoms with Crippen molar-refractivity contribution in [1.82, 2.24) is 4.90 Å². The van der Waals surface area contributed by atoms with Crippen LogP contribution in [0.3, 0.4) is 0 Å². The highest BCUT2D eigenvalue weighted by Gasteiger charge is 2.53. The van der Waals surface area contributed by atoms with Gasteiger partial charge in [0.1, 0.15) is 11.8 Å². The number of rotatable bonds is 3. The van der Waals surface area contributed by atoms with E-state index in [2.05, 4.69) is 18.0 Å². The van der Waals surface area contributed by atoms with Crippen molar-refractivity contribution in [2.24, 2.45) is 17.8 Å². The van der Waals surface area contributed by atoms with Crippen LogP contribution in [0.25, 0.3) is 0 Å². The van der Waals surface area contributed by atoms with Crippen LogP contribution < -0.4 is 0 Å². The summed E-state index contributed by atoms with van der Waals surface area (Å²) in [4.78, 5) is 2.32. The van der Waals surface area contributed by atoms with Gasteiger partial charge in [-0.25, -0.2) is 0 Å². The number of hydrogen-bond donors (Lipinski definition) is 0. The maximum absolute atomic E-state index is 9.43. The smallest absolute Gasteiger partial charge is 0.117 e.